The van der Waals surface area contributed by atoms with Gasteiger partial charge in [0.1, 0.15) is 11.8 Å². The van der Waals surface area contributed by atoms with Crippen molar-refractivity contribution < 1.29 is 13.9 Å². The molecule has 0 saturated heterocycles. The standard InChI is InChI=1S/C8H6F2N2O2/c9-8(10)5-1-7(14)4(3-13)6(2-11)12-5/h1,8,13H,3H2,(H,12,14). The fourth-order valence-corrected chi connectivity index (χ4v) is 0.977. The number of hydrogen-bond donors (Lipinski definition) is 2. The summed E-state index contributed by atoms with van der Waals surface area (Å²) in [4.78, 5) is 13.2. The Morgan fingerprint density at radius 2 is 2.29 bits per heavy atom. The van der Waals surface area contributed by atoms with E-state index in [0.29, 0.717) is 6.07 Å². The number of nitriles is 1. The van der Waals surface area contributed by atoms with Gasteiger partial charge in [-0.15, -0.1) is 0 Å². The first-order valence-corrected chi connectivity index (χ1v) is 3.65. The van der Waals surface area contributed by atoms with Crippen LogP contribution in [0.15, 0.2) is 10.9 Å². The summed E-state index contributed by atoms with van der Waals surface area (Å²) in [5.74, 6) is 0. The maximum absolute atomic E-state index is 12.2. The lowest BCUT2D eigenvalue weighted by Crippen LogP contribution is -2.14. The van der Waals surface area contributed by atoms with E-state index in [1.165, 1.54) is 6.07 Å². The molecule has 0 aliphatic carbocycles. The van der Waals surface area contributed by atoms with Gasteiger partial charge in [-0.25, -0.2) is 8.78 Å². The highest BCUT2D eigenvalue weighted by Gasteiger charge is 2.13. The van der Waals surface area contributed by atoms with Crippen LogP contribution in [0.2, 0.25) is 0 Å². The van der Waals surface area contributed by atoms with Crippen LogP contribution in [0.25, 0.3) is 0 Å². The molecule has 0 radical (unpaired) electrons. The molecule has 0 atom stereocenters. The van der Waals surface area contributed by atoms with Gasteiger partial charge in [0.15, 0.2) is 5.43 Å². The molecular formula is C8H6F2N2O2. The normalized spacial score (nSPS) is 10.2. The van der Waals surface area contributed by atoms with E-state index in [9.17, 15) is 13.6 Å². The Hall–Kier alpha value is -1.74. The van der Waals surface area contributed by atoms with Crippen LogP contribution in [0.1, 0.15) is 23.4 Å². The number of hydrogen-bond acceptors (Lipinski definition) is 3. The molecule has 14 heavy (non-hydrogen) atoms. The lowest BCUT2D eigenvalue weighted by atomic mass is 10.2. The van der Waals surface area contributed by atoms with Crippen LogP contribution in [0.3, 0.4) is 0 Å². The number of aromatic amines is 1. The summed E-state index contributed by atoms with van der Waals surface area (Å²) in [7, 11) is 0. The molecule has 1 rings (SSSR count). The number of aromatic nitrogens is 1. The van der Waals surface area contributed by atoms with Crippen LogP contribution < -0.4 is 5.43 Å². The Kier molecular flexibility index (Phi) is 2.94. The molecule has 6 heteroatoms. The Bertz CT molecular complexity index is 434. The zero-order chi connectivity index (χ0) is 10.7. The number of halogens is 2. The predicted molar refractivity (Wildman–Crippen MR) is 42.7 cm³/mol. The average molecular weight is 200 g/mol. The number of aliphatic hydroxyl groups excluding tert-OH is 1. The quantitative estimate of drug-likeness (QED) is 0.736. The minimum Gasteiger partial charge on any atom is -0.391 e. The second-order valence-electron chi connectivity index (χ2n) is 2.51. The molecule has 4 nitrogen and oxygen atoms in total. The summed E-state index contributed by atoms with van der Waals surface area (Å²) < 4.78 is 24.3. The van der Waals surface area contributed by atoms with Crippen molar-refractivity contribution in [2.24, 2.45) is 0 Å². The number of alkyl halides is 2. The van der Waals surface area contributed by atoms with Crippen molar-refractivity contribution in [3.63, 3.8) is 0 Å². The summed E-state index contributed by atoms with van der Waals surface area (Å²) in [5, 5.41) is 17.2. The molecule has 0 saturated carbocycles. The predicted octanol–water partition coefficient (Wildman–Crippen LogP) is 0.676. The molecule has 1 aromatic rings. The smallest absolute Gasteiger partial charge is 0.278 e. The van der Waals surface area contributed by atoms with Crippen LogP contribution in [-0.2, 0) is 6.61 Å². The van der Waals surface area contributed by atoms with Crippen molar-refractivity contribution in [3.8, 4) is 6.07 Å². The van der Waals surface area contributed by atoms with Crippen molar-refractivity contribution in [1.82, 2.24) is 4.98 Å². The van der Waals surface area contributed by atoms with E-state index in [0.717, 1.165) is 0 Å². The van der Waals surface area contributed by atoms with Gasteiger partial charge in [0.2, 0.25) is 0 Å². The molecule has 0 aliphatic heterocycles. The molecule has 74 valence electrons. The van der Waals surface area contributed by atoms with E-state index in [4.69, 9.17) is 10.4 Å². The number of aliphatic hydroxyl groups is 1. The first-order valence-electron chi connectivity index (χ1n) is 3.65. The minimum atomic E-state index is -2.84. The number of pyridine rings is 1. The van der Waals surface area contributed by atoms with E-state index in [-0.39, 0.29) is 11.3 Å². The van der Waals surface area contributed by atoms with Crippen molar-refractivity contribution in [2.75, 3.05) is 0 Å². The van der Waals surface area contributed by atoms with Gasteiger partial charge in [-0.3, -0.25) is 4.79 Å². The van der Waals surface area contributed by atoms with E-state index >= 15 is 0 Å². The highest BCUT2D eigenvalue weighted by molar-refractivity contribution is 5.32. The molecule has 0 aliphatic rings. The number of rotatable bonds is 2. The maximum atomic E-state index is 12.2. The van der Waals surface area contributed by atoms with Crippen LogP contribution in [0.5, 0.6) is 0 Å². The zero-order valence-electron chi connectivity index (χ0n) is 6.92. The Morgan fingerprint density at radius 1 is 1.64 bits per heavy atom. The Labute approximate surface area is 77.4 Å². The fourth-order valence-electron chi connectivity index (χ4n) is 0.977. The van der Waals surface area contributed by atoms with E-state index < -0.39 is 24.2 Å². The molecule has 1 aromatic heterocycles. The van der Waals surface area contributed by atoms with Gasteiger partial charge in [-0.1, -0.05) is 0 Å². The molecule has 2 N–H and O–H groups in total. The van der Waals surface area contributed by atoms with Crippen LogP contribution in [-0.4, -0.2) is 10.1 Å². The van der Waals surface area contributed by atoms with E-state index in [1.807, 2.05) is 0 Å². The summed E-state index contributed by atoms with van der Waals surface area (Å²) >= 11 is 0. The van der Waals surface area contributed by atoms with Gasteiger partial charge in [0, 0.05) is 6.07 Å². The highest BCUT2D eigenvalue weighted by atomic mass is 19.3. The van der Waals surface area contributed by atoms with Crippen molar-refractivity contribution in [1.29, 1.82) is 5.26 Å². The number of nitrogens with zero attached hydrogens (tertiary/aromatic N) is 1. The SMILES string of the molecule is N#Cc1[nH]c(C(F)F)cc(=O)c1CO. The largest absolute Gasteiger partial charge is 0.391 e. The third-order valence-corrected chi connectivity index (χ3v) is 1.66. The zero-order valence-corrected chi connectivity index (χ0v) is 6.92. The monoisotopic (exact) mass is 200 g/mol. The Morgan fingerprint density at radius 3 is 2.71 bits per heavy atom. The van der Waals surface area contributed by atoms with Crippen molar-refractivity contribution >= 4 is 0 Å². The molecule has 0 aromatic carbocycles. The van der Waals surface area contributed by atoms with Gasteiger partial charge in [0.25, 0.3) is 6.43 Å². The summed E-state index contributed by atoms with van der Waals surface area (Å²) in [6, 6.07) is 2.21. The average Bonchev–Trinajstić information content (AvgIpc) is 2.16. The molecular weight excluding hydrogens is 194 g/mol. The van der Waals surface area contributed by atoms with Gasteiger partial charge < -0.3 is 10.1 Å². The Balaban J connectivity index is 3.41. The molecule has 0 bridgehead atoms. The van der Waals surface area contributed by atoms with Crippen molar-refractivity contribution in [2.45, 2.75) is 13.0 Å². The second kappa shape index (κ2) is 3.98. The second-order valence-corrected chi connectivity index (χ2v) is 2.51. The molecule has 1 heterocycles. The van der Waals surface area contributed by atoms with Gasteiger partial charge in [-0.05, 0) is 0 Å². The number of H-pyrrole nitrogens is 1. The highest BCUT2D eigenvalue weighted by Crippen LogP contribution is 2.15. The lowest BCUT2D eigenvalue weighted by Gasteiger charge is -2.03. The molecule has 0 fully saturated rings. The van der Waals surface area contributed by atoms with E-state index in [1.54, 1.807) is 0 Å². The summed E-state index contributed by atoms with van der Waals surface area (Å²) in [5.41, 5.74) is -1.91. The van der Waals surface area contributed by atoms with Gasteiger partial charge in [0.05, 0.1) is 17.9 Å². The fraction of sp³-hybridized carbons (Fsp3) is 0.250. The van der Waals surface area contributed by atoms with Gasteiger partial charge in [-0.2, -0.15) is 5.26 Å². The molecule has 0 amide bonds. The minimum absolute atomic E-state index is 0.197. The first-order chi connectivity index (χ1) is 6.60. The number of nitrogens with one attached hydrogen (secondary N) is 1. The lowest BCUT2D eigenvalue weighted by molar-refractivity contribution is 0.145. The van der Waals surface area contributed by atoms with Crippen LogP contribution >= 0.6 is 0 Å². The topological polar surface area (TPSA) is 76.9 Å². The van der Waals surface area contributed by atoms with E-state index in [2.05, 4.69) is 4.98 Å². The maximum Gasteiger partial charge on any atom is 0.278 e. The summed E-state index contributed by atoms with van der Waals surface area (Å²) in [6.45, 7) is -0.651. The van der Waals surface area contributed by atoms with Crippen molar-refractivity contribution in [3.05, 3.63) is 33.2 Å². The third kappa shape index (κ3) is 1.78. The van der Waals surface area contributed by atoms with Crippen LogP contribution in [0.4, 0.5) is 8.78 Å². The van der Waals surface area contributed by atoms with Crippen LogP contribution in [0, 0.1) is 11.3 Å². The van der Waals surface area contributed by atoms with Gasteiger partial charge >= 0.3 is 0 Å². The third-order valence-electron chi connectivity index (χ3n) is 1.66. The summed E-state index contributed by atoms with van der Waals surface area (Å²) in [6.07, 6.45) is -2.84. The molecule has 0 unspecified atom stereocenters. The molecule has 0 spiro atoms. The first kappa shape index (κ1) is 10.3.